The van der Waals surface area contributed by atoms with E-state index in [9.17, 15) is 23.1 Å². The number of aliphatic hydroxyl groups excluding tert-OH is 1. The lowest BCUT2D eigenvalue weighted by Crippen LogP contribution is -2.43. The average Bonchev–Trinajstić information content (AvgIpc) is 2.78. The lowest BCUT2D eigenvalue weighted by molar-refractivity contribution is -0.141. The number of pyridine rings is 1. The van der Waals surface area contributed by atoms with E-state index in [-0.39, 0.29) is 24.2 Å². The number of aliphatic hydroxyl groups is 1. The number of aromatic nitrogens is 1. The van der Waals surface area contributed by atoms with E-state index in [1.54, 1.807) is 4.98 Å². The molecule has 2 aliphatic rings. The Labute approximate surface area is 185 Å². The van der Waals surface area contributed by atoms with Crippen molar-refractivity contribution in [2.45, 2.75) is 44.8 Å². The molecule has 32 heavy (non-hydrogen) atoms. The van der Waals surface area contributed by atoms with Crippen LogP contribution in [0.25, 0.3) is 0 Å². The number of nitrogens with one attached hydrogen (secondary N) is 2. The summed E-state index contributed by atoms with van der Waals surface area (Å²) in [5.41, 5.74) is 0.738. The molecule has 2 saturated heterocycles. The molecule has 3 N–H and O–H groups in total. The molecule has 2 aliphatic heterocycles. The fraction of sp³-hybridized carbons (Fsp3) is 0.522. The molecule has 0 spiro atoms. The van der Waals surface area contributed by atoms with E-state index in [1.165, 1.54) is 11.3 Å². The van der Waals surface area contributed by atoms with Gasteiger partial charge in [0, 0.05) is 37.9 Å². The van der Waals surface area contributed by atoms with E-state index in [2.05, 4.69) is 41.4 Å². The first-order valence-corrected chi connectivity index (χ1v) is 10.8. The summed E-state index contributed by atoms with van der Waals surface area (Å²) in [7, 11) is 0. The molecule has 3 heterocycles. The smallest absolute Gasteiger partial charge is 0.390 e. The molecule has 4 rings (SSSR count). The molecule has 2 aromatic rings. The van der Waals surface area contributed by atoms with Gasteiger partial charge in [0.05, 0.1) is 18.3 Å². The minimum absolute atomic E-state index is 0.0911. The number of aromatic amines is 1. The fourth-order valence-electron chi connectivity index (χ4n) is 3.99. The Morgan fingerprint density at radius 3 is 2.25 bits per heavy atom. The third-order valence-corrected chi connectivity index (χ3v) is 5.85. The van der Waals surface area contributed by atoms with Crippen LogP contribution in [0.1, 0.15) is 37.6 Å². The second-order valence-electron chi connectivity index (χ2n) is 8.29. The number of anilines is 1. The minimum Gasteiger partial charge on any atom is -0.390 e. The zero-order valence-electron chi connectivity index (χ0n) is 18.2. The minimum atomic E-state index is -4.47. The summed E-state index contributed by atoms with van der Waals surface area (Å²) in [5.74, 6) is 0.284. The zero-order chi connectivity index (χ0) is 23.3. The van der Waals surface area contributed by atoms with E-state index in [0.717, 1.165) is 50.8 Å². The topological polar surface area (TPSA) is 77.6 Å². The summed E-state index contributed by atoms with van der Waals surface area (Å²) in [5, 5.41) is 13.4. The van der Waals surface area contributed by atoms with E-state index in [1.807, 2.05) is 6.92 Å². The molecule has 0 saturated carbocycles. The largest absolute Gasteiger partial charge is 0.431 e. The molecule has 1 aromatic carbocycles. The van der Waals surface area contributed by atoms with Crippen LogP contribution in [-0.4, -0.2) is 48.5 Å². The van der Waals surface area contributed by atoms with Gasteiger partial charge in [0.25, 0.3) is 0 Å². The number of piperazine rings is 1. The molecule has 0 bridgehead atoms. The van der Waals surface area contributed by atoms with Gasteiger partial charge in [0.1, 0.15) is 5.69 Å². The molecular formula is C23H30F3N3O3. The van der Waals surface area contributed by atoms with Crippen LogP contribution in [0.5, 0.6) is 0 Å². The van der Waals surface area contributed by atoms with Crippen LogP contribution in [0.3, 0.4) is 0 Å². The Balaban J connectivity index is 0.000000222. The van der Waals surface area contributed by atoms with Crippen molar-refractivity contribution in [2.75, 3.05) is 31.1 Å². The van der Waals surface area contributed by atoms with E-state index >= 15 is 0 Å². The summed E-state index contributed by atoms with van der Waals surface area (Å²) in [4.78, 5) is 14.5. The number of hydrogen-bond donors (Lipinski definition) is 3. The Morgan fingerprint density at radius 1 is 1.06 bits per heavy atom. The number of halogens is 3. The number of ether oxygens (including phenoxy) is 1. The Bertz CT molecular complexity index is 899. The first-order valence-electron chi connectivity index (χ1n) is 10.8. The highest BCUT2D eigenvalue weighted by Gasteiger charge is 2.33. The van der Waals surface area contributed by atoms with Gasteiger partial charge in [-0.25, -0.2) is 0 Å². The van der Waals surface area contributed by atoms with Gasteiger partial charge < -0.3 is 25.0 Å². The summed E-state index contributed by atoms with van der Waals surface area (Å²) in [6.45, 7) is 8.31. The van der Waals surface area contributed by atoms with Crippen molar-refractivity contribution in [3.63, 3.8) is 0 Å². The molecule has 1 aromatic heterocycles. The zero-order valence-corrected chi connectivity index (χ0v) is 18.2. The maximum absolute atomic E-state index is 11.8. The summed E-state index contributed by atoms with van der Waals surface area (Å²) < 4.78 is 41.4. The molecule has 0 radical (unpaired) electrons. The van der Waals surface area contributed by atoms with Crippen LogP contribution in [0.15, 0.2) is 47.3 Å². The van der Waals surface area contributed by atoms with Gasteiger partial charge in [-0.1, -0.05) is 25.1 Å². The predicted molar refractivity (Wildman–Crippen MR) is 117 cm³/mol. The van der Waals surface area contributed by atoms with Gasteiger partial charge in [-0.2, -0.15) is 13.2 Å². The first-order chi connectivity index (χ1) is 15.1. The lowest BCUT2D eigenvalue weighted by atomic mass is 9.88. The third kappa shape index (κ3) is 6.34. The van der Waals surface area contributed by atoms with E-state index in [4.69, 9.17) is 4.74 Å². The van der Waals surface area contributed by atoms with E-state index < -0.39 is 17.4 Å². The number of hydrogen-bond acceptors (Lipinski definition) is 5. The highest BCUT2D eigenvalue weighted by atomic mass is 19.4. The Morgan fingerprint density at radius 2 is 1.72 bits per heavy atom. The molecule has 9 heteroatoms. The Hall–Kier alpha value is -2.36. The number of nitrogens with zero attached hydrogens (tertiary/aromatic N) is 1. The van der Waals surface area contributed by atoms with Crippen LogP contribution in [0, 0.1) is 5.92 Å². The monoisotopic (exact) mass is 453 g/mol. The van der Waals surface area contributed by atoms with Crippen molar-refractivity contribution in [1.29, 1.82) is 0 Å². The highest BCUT2D eigenvalue weighted by Crippen LogP contribution is 2.35. The van der Waals surface area contributed by atoms with E-state index in [0.29, 0.717) is 0 Å². The van der Waals surface area contributed by atoms with Crippen molar-refractivity contribution in [3.8, 4) is 0 Å². The van der Waals surface area contributed by atoms with Gasteiger partial charge in [0.2, 0.25) is 5.56 Å². The van der Waals surface area contributed by atoms with Gasteiger partial charge in [0.15, 0.2) is 0 Å². The molecule has 0 aliphatic carbocycles. The van der Waals surface area contributed by atoms with Crippen molar-refractivity contribution in [1.82, 2.24) is 10.3 Å². The van der Waals surface area contributed by atoms with Crippen molar-refractivity contribution in [2.24, 2.45) is 5.92 Å². The van der Waals surface area contributed by atoms with Crippen LogP contribution < -0.4 is 15.8 Å². The third-order valence-electron chi connectivity index (χ3n) is 5.85. The normalized spacial score (nSPS) is 26.2. The van der Waals surface area contributed by atoms with Gasteiger partial charge in [-0.15, -0.1) is 0 Å². The van der Waals surface area contributed by atoms with Crippen LogP contribution in [-0.2, 0) is 10.9 Å². The number of rotatable bonds is 2. The number of H-pyrrole nitrogens is 1. The van der Waals surface area contributed by atoms with Crippen molar-refractivity contribution >= 4 is 5.69 Å². The summed E-state index contributed by atoms with van der Waals surface area (Å²) in [6, 6.07) is 11.6. The molecular weight excluding hydrogens is 423 g/mol. The van der Waals surface area contributed by atoms with Crippen LogP contribution >= 0.6 is 0 Å². The fourth-order valence-corrected chi connectivity index (χ4v) is 3.99. The van der Waals surface area contributed by atoms with Crippen LogP contribution in [0.4, 0.5) is 18.9 Å². The first kappa shape index (κ1) is 24.3. The second kappa shape index (κ2) is 10.5. The van der Waals surface area contributed by atoms with Gasteiger partial charge in [-0.05, 0) is 43.0 Å². The van der Waals surface area contributed by atoms with Gasteiger partial charge >= 0.3 is 6.18 Å². The van der Waals surface area contributed by atoms with Crippen molar-refractivity contribution in [3.05, 3.63) is 64.1 Å². The quantitative estimate of drug-likeness (QED) is 0.650. The average molecular weight is 454 g/mol. The van der Waals surface area contributed by atoms with Gasteiger partial charge in [-0.3, -0.25) is 4.79 Å². The predicted octanol–water partition coefficient (Wildman–Crippen LogP) is 3.34. The standard InChI is InChI=1S/C17H26N2O2.C6H4F3NO/c1-12-11-16(21-13(2)17(12)20)14-3-5-15(6-4-14)19-9-7-18-8-10-19;7-6(8,9)4-2-1-3-5(11)10-4/h3-6,12-13,16-18,20H,7-11H2,1-2H3;1-3H,(H,10,11). The Kier molecular flexibility index (Phi) is 7.97. The second-order valence-corrected chi connectivity index (χ2v) is 8.29. The maximum Gasteiger partial charge on any atom is 0.431 e. The highest BCUT2D eigenvalue weighted by molar-refractivity contribution is 5.48. The molecule has 6 nitrogen and oxygen atoms in total. The summed E-state index contributed by atoms with van der Waals surface area (Å²) >= 11 is 0. The molecule has 0 amide bonds. The summed E-state index contributed by atoms with van der Waals surface area (Å²) in [6.07, 6.45) is -3.91. The number of alkyl halides is 3. The van der Waals surface area contributed by atoms with Crippen molar-refractivity contribution < 1.29 is 23.0 Å². The molecule has 4 unspecified atom stereocenters. The maximum atomic E-state index is 11.8. The molecule has 2 fully saturated rings. The lowest BCUT2D eigenvalue weighted by Gasteiger charge is -2.37. The molecule has 4 atom stereocenters. The van der Waals surface area contributed by atoms with Crippen LogP contribution in [0.2, 0.25) is 0 Å². The number of benzene rings is 1. The SMILES string of the molecule is CC1CC(c2ccc(N3CCNCC3)cc2)OC(C)C1O.O=c1cccc(C(F)(F)F)[nH]1. The molecule has 176 valence electrons.